The van der Waals surface area contributed by atoms with Crippen molar-refractivity contribution < 1.29 is 4.74 Å². The van der Waals surface area contributed by atoms with E-state index in [0.29, 0.717) is 11.8 Å². The lowest BCUT2D eigenvalue weighted by atomic mass is 9.96. The first-order valence-electron chi connectivity index (χ1n) is 8.36. The molecular weight excluding hydrogens is 302 g/mol. The number of hydrogen-bond acceptors (Lipinski definition) is 5. The zero-order valence-electron chi connectivity index (χ0n) is 13.8. The van der Waals surface area contributed by atoms with Gasteiger partial charge < -0.3 is 4.74 Å². The van der Waals surface area contributed by atoms with Crippen molar-refractivity contribution in [3.8, 4) is 5.88 Å². The van der Waals surface area contributed by atoms with Gasteiger partial charge in [0.15, 0.2) is 11.5 Å². The Bertz CT molecular complexity index is 809. The third-order valence-electron chi connectivity index (χ3n) is 4.67. The van der Waals surface area contributed by atoms with Crippen LogP contribution in [0.4, 0.5) is 0 Å². The fourth-order valence-electron chi connectivity index (χ4n) is 3.34. The first kappa shape index (κ1) is 15.1. The molecule has 1 saturated heterocycles. The standard InChI is InChI=1S/C18H21N5O/c1-24-17-8-7-16-19-20-18(23(16)21-17)15-9-11-22(12-10-15)13-14-5-3-2-4-6-14/h2-8,15H,9-13H2,1H3. The molecule has 124 valence electrons. The predicted octanol–water partition coefficient (Wildman–Crippen LogP) is 2.51. The van der Waals surface area contributed by atoms with Crippen LogP contribution in [0.15, 0.2) is 42.5 Å². The fourth-order valence-corrected chi connectivity index (χ4v) is 3.34. The Labute approximate surface area is 141 Å². The van der Waals surface area contributed by atoms with Gasteiger partial charge in [0.05, 0.1) is 7.11 Å². The van der Waals surface area contributed by atoms with E-state index < -0.39 is 0 Å². The van der Waals surface area contributed by atoms with E-state index in [9.17, 15) is 0 Å². The quantitative estimate of drug-likeness (QED) is 0.738. The summed E-state index contributed by atoms with van der Waals surface area (Å²) < 4.78 is 7.05. The molecule has 0 N–H and O–H groups in total. The van der Waals surface area contributed by atoms with Crippen LogP contribution in [0.5, 0.6) is 5.88 Å². The van der Waals surface area contributed by atoms with Crippen LogP contribution in [0.25, 0.3) is 5.65 Å². The zero-order valence-corrected chi connectivity index (χ0v) is 13.8. The number of benzene rings is 1. The number of nitrogens with zero attached hydrogens (tertiary/aromatic N) is 5. The summed E-state index contributed by atoms with van der Waals surface area (Å²) >= 11 is 0. The summed E-state index contributed by atoms with van der Waals surface area (Å²) in [7, 11) is 1.63. The molecule has 0 spiro atoms. The molecule has 24 heavy (non-hydrogen) atoms. The van der Waals surface area contributed by atoms with Crippen LogP contribution in [-0.4, -0.2) is 44.9 Å². The molecule has 2 aromatic heterocycles. The van der Waals surface area contributed by atoms with Crippen molar-refractivity contribution in [1.82, 2.24) is 24.7 Å². The van der Waals surface area contributed by atoms with E-state index in [2.05, 4.69) is 50.5 Å². The first-order chi connectivity index (χ1) is 11.8. The van der Waals surface area contributed by atoms with Crippen LogP contribution in [0.2, 0.25) is 0 Å². The van der Waals surface area contributed by atoms with Crippen molar-refractivity contribution >= 4 is 5.65 Å². The number of aromatic nitrogens is 4. The van der Waals surface area contributed by atoms with Gasteiger partial charge in [0, 0.05) is 18.5 Å². The third kappa shape index (κ3) is 2.97. The van der Waals surface area contributed by atoms with Crippen LogP contribution in [0.1, 0.15) is 30.1 Å². The van der Waals surface area contributed by atoms with Gasteiger partial charge in [-0.15, -0.1) is 15.3 Å². The van der Waals surface area contributed by atoms with E-state index in [0.717, 1.165) is 43.9 Å². The van der Waals surface area contributed by atoms with E-state index in [1.54, 1.807) is 7.11 Å². The molecule has 0 aliphatic carbocycles. The highest BCUT2D eigenvalue weighted by molar-refractivity contribution is 5.38. The van der Waals surface area contributed by atoms with Gasteiger partial charge >= 0.3 is 0 Å². The molecular formula is C18H21N5O. The second-order valence-corrected chi connectivity index (χ2v) is 6.24. The Morgan fingerprint density at radius 3 is 2.58 bits per heavy atom. The van der Waals surface area contributed by atoms with Crippen molar-refractivity contribution in [2.24, 2.45) is 0 Å². The number of piperidine rings is 1. The Balaban J connectivity index is 1.46. The van der Waals surface area contributed by atoms with Crippen LogP contribution >= 0.6 is 0 Å². The molecule has 1 aliphatic heterocycles. The van der Waals surface area contributed by atoms with Crippen molar-refractivity contribution in [2.45, 2.75) is 25.3 Å². The van der Waals surface area contributed by atoms with Gasteiger partial charge in [-0.1, -0.05) is 30.3 Å². The Hall–Kier alpha value is -2.47. The largest absolute Gasteiger partial charge is 0.480 e. The van der Waals surface area contributed by atoms with E-state index in [-0.39, 0.29) is 0 Å². The van der Waals surface area contributed by atoms with E-state index in [4.69, 9.17) is 4.74 Å². The minimum Gasteiger partial charge on any atom is -0.480 e. The number of methoxy groups -OCH3 is 1. The normalized spacial score (nSPS) is 16.5. The summed E-state index contributed by atoms with van der Waals surface area (Å²) in [5.41, 5.74) is 2.15. The third-order valence-corrected chi connectivity index (χ3v) is 4.67. The predicted molar refractivity (Wildman–Crippen MR) is 91.0 cm³/mol. The van der Waals surface area contributed by atoms with Gasteiger partial charge in [-0.25, -0.2) is 0 Å². The lowest BCUT2D eigenvalue weighted by Gasteiger charge is -2.31. The molecule has 4 rings (SSSR count). The molecule has 1 aliphatic rings. The molecule has 1 fully saturated rings. The van der Waals surface area contributed by atoms with Crippen molar-refractivity contribution in [2.75, 3.05) is 20.2 Å². The molecule has 0 radical (unpaired) electrons. The Kier molecular flexibility index (Phi) is 4.13. The number of rotatable bonds is 4. The molecule has 0 saturated carbocycles. The summed E-state index contributed by atoms with van der Waals surface area (Å²) in [6.45, 7) is 3.15. The van der Waals surface area contributed by atoms with Crippen LogP contribution < -0.4 is 4.74 Å². The number of likely N-dealkylation sites (tertiary alicyclic amines) is 1. The molecule has 0 amide bonds. The second kappa shape index (κ2) is 6.57. The van der Waals surface area contributed by atoms with Crippen LogP contribution in [-0.2, 0) is 6.54 Å². The summed E-state index contributed by atoms with van der Waals surface area (Å²) in [4.78, 5) is 2.50. The molecule has 0 atom stereocenters. The SMILES string of the molecule is COc1ccc2nnc(C3CCN(Cc4ccccc4)CC3)n2n1. The molecule has 3 heterocycles. The van der Waals surface area contributed by atoms with E-state index in [1.165, 1.54) is 5.56 Å². The monoisotopic (exact) mass is 323 g/mol. The zero-order chi connectivity index (χ0) is 16.4. The lowest BCUT2D eigenvalue weighted by Crippen LogP contribution is -2.33. The number of fused-ring (bicyclic) bond motifs is 1. The topological polar surface area (TPSA) is 55.6 Å². The van der Waals surface area contributed by atoms with Crippen LogP contribution in [0, 0.1) is 0 Å². The van der Waals surface area contributed by atoms with Gasteiger partial charge in [-0.3, -0.25) is 4.90 Å². The Morgan fingerprint density at radius 2 is 1.83 bits per heavy atom. The lowest BCUT2D eigenvalue weighted by molar-refractivity contribution is 0.200. The maximum Gasteiger partial charge on any atom is 0.231 e. The molecule has 6 heteroatoms. The van der Waals surface area contributed by atoms with Gasteiger partial charge in [0.1, 0.15) is 0 Å². The van der Waals surface area contributed by atoms with Crippen molar-refractivity contribution in [3.63, 3.8) is 0 Å². The average molecular weight is 323 g/mol. The van der Waals surface area contributed by atoms with Gasteiger partial charge in [-0.05, 0) is 37.6 Å². The molecule has 0 bridgehead atoms. The second-order valence-electron chi connectivity index (χ2n) is 6.24. The smallest absolute Gasteiger partial charge is 0.231 e. The minimum absolute atomic E-state index is 0.395. The van der Waals surface area contributed by atoms with Gasteiger partial charge in [-0.2, -0.15) is 4.52 Å². The summed E-state index contributed by atoms with van der Waals surface area (Å²) in [6, 6.07) is 14.4. The molecule has 6 nitrogen and oxygen atoms in total. The summed E-state index contributed by atoms with van der Waals surface area (Å²) in [5.74, 6) is 1.93. The minimum atomic E-state index is 0.395. The summed E-state index contributed by atoms with van der Waals surface area (Å²) in [5, 5.41) is 13.1. The Morgan fingerprint density at radius 1 is 1.04 bits per heavy atom. The average Bonchev–Trinajstić information content (AvgIpc) is 3.06. The van der Waals surface area contributed by atoms with Gasteiger partial charge in [0.2, 0.25) is 5.88 Å². The van der Waals surface area contributed by atoms with E-state index >= 15 is 0 Å². The van der Waals surface area contributed by atoms with E-state index in [1.807, 2.05) is 16.6 Å². The summed E-state index contributed by atoms with van der Waals surface area (Å²) in [6.07, 6.45) is 2.15. The van der Waals surface area contributed by atoms with Crippen molar-refractivity contribution in [1.29, 1.82) is 0 Å². The highest BCUT2D eigenvalue weighted by atomic mass is 16.5. The molecule has 1 aromatic carbocycles. The number of ether oxygens (including phenoxy) is 1. The first-order valence-corrected chi connectivity index (χ1v) is 8.36. The van der Waals surface area contributed by atoms with Crippen LogP contribution in [0.3, 0.4) is 0 Å². The highest BCUT2D eigenvalue weighted by Gasteiger charge is 2.25. The molecule has 3 aromatic rings. The fraction of sp³-hybridized carbons (Fsp3) is 0.389. The maximum absolute atomic E-state index is 5.22. The maximum atomic E-state index is 5.22. The van der Waals surface area contributed by atoms with Crippen molar-refractivity contribution in [3.05, 3.63) is 53.9 Å². The highest BCUT2D eigenvalue weighted by Crippen LogP contribution is 2.27. The number of hydrogen-bond donors (Lipinski definition) is 0. The molecule has 0 unspecified atom stereocenters. The van der Waals surface area contributed by atoms with Gasteiger partial charge in [0.25, 0.3) is 0 Å².